The van der Waals surface area contributed by atoms with Crippen LogP contribution in [0.25, 0.3) is 16.6 Å². The smallest absolute Gasteiger partial charge is 0.267 e. The number of benzene rings is 2. The van der Waals surface area contributed by atoms with E-state index >= 15 is 0 Å². The summed E-state index contributed by atoms with van der Waals surface area (Å²) in [6.07, 6.45) is 3.32. The lowest BCUT2D eigenvalue weighted by Crippen LogP contribution is -2.24. The minimum Gasteiger partial charge on any atom is -0.289 e. The van der Waals surface area contributed by atoms with Crippen molar-refractivity contribution in [1.82, 2.24) is 15.0 Å². The Morgan fingerprint density at radius 2 is 1.97 bits per heavy atom. The molecule has 3 aromatic rings. The molecule has 1 aliphatic carbocycles. The fourth-order valence-corrected chi connectivity index (χ4v) is 3.34. The van der Waals surface area contributed by atoms with Gasteiger partial charge in [-0.15, -0.1) is 0 Å². The lowest BCUT2D eigenvalue weighted by molar-refractivity contribution is -0.129. The molecule has 1 aliphatic rings. The molecular weight excluding hydrogens is 366 g/mol. The number of hydrogen-bond donors (Lipinski definition) is 2. The third-order valence-electron chi connectivity index (χ3n) is 4.93. The molecule has 6 heteroatoms. The van der Waals surface area contributed by atoms with Gasteiger partial charge in [0, 0.05) is 24.3 Å². The van der Waals surface area contributed by atoms with E-state index in [1.165, 1.54) is 0 Å². The molecule has 6 nitrogen and oxygen atoms in total. The third-order valence-corrected chi connectivity index (χ3v) is 4.93. The summed E-state index contributed by atoms with van der Waals surface area (Å²) in [6, 6.07) is 15.1. The Hall–Kier alpha value is -3.43. The standard InChI is InChI=1S/C23H21N3O3/c27-20(25-29)13-6-1-3-8-16-9-7-12-19-21(16)23(28)26(18-10-4-2-5-11-18)22(24-19)17-14-15-17/h2,4-5,7,9-12,17,29H,1,6,13-15H2,(H,25,27). The number of fused-ring (bicyclic) bond motifs is 1. The number of hydroxylamine groups is 1. The molecule has 1 aromatic heterocycles. The monoisotopic (exact) mass is 387 g/mol. The lowest BCUT2D eigenvalue weighted by Gasteiger charge is -2.13. The Kier molecular flexibility index (Phi) is 5.41. The highest BCUT2D eigenvalue weighted by Crippen LogP contribution is 2.39. The van der Waals surface area contributed by atoms with Gasteiger partial charge in [-0.1, -0.05) is 36.1 Å². The largest absolute Gasteiger partial charge is 0.289 e. The van der Waals surface area contributed by atoms with Crippen molar-refractivity contribution < 1.29 is 10.0 Å². The summed E-state index contributed by atoms with van der Waals surface area (Å²) in [4.78, 5) is 29.4. The fourth-order valence-electron chi connectivity index (χ4n) is 3.34. The van der Waals surface area contributed by atoms with E-state index in [-0.39, 0.29) is 12.0 Å². The van der Waals surface area contributed by atoms with Crippen LogP contribution in [0.3, 0.4) is 0 Å². The van der Waals surface area contributed by atoms with Crippen molar-refractivity contribution in [1.29, 1.82) is 0 Å². The molecule has 1 fully saturated rings. The van der Waals surface area contributed by atoms with E-state index in [9.17, 15) is 9.59 Å². The van der Waals surface area contributed by atoms with E-state index in [1.807, 2.05) is 48.5 Å². The molecule has 0 spiro atoms. The number of nitrogens with one attached hydrogen (secondary N) is 1. The van der Waals surface area contributed by atoms with E-state index in [0.29, 0.717) is 35.2 Å². The summed E-state index contributed by atoms with van der Waals surface area (Å²) in [5, 5.41) is 9.04. The number of para-hydroxylation sites is 1. The van der Waals surface area contributed by atoms with Crippen molar-refractivity contribution in [2.45, 2.75) is 38.0 Å². The van der Waals surface area contributed by atoms with Crippen LogP contribution in [-0.4, -0.2) is 20.7 Å². The fraction of sp³-hybridized carbons (Fsp3) is 0.261. The third kappa shape index (κ3) is 4.05. The SMILES string of the molecule is O=C(CCCC#Cc1cccc2nc(C3CC3)n(-c3ccccc3)c(=O)c12)NO. The van der Waals surface area contributed by atoms with Gasteiger partial charge < -0.3 is 0 Å². The van der Waals surface area contributed by atoms with Gasteiger partial charge in [-0.3, -0.25) is 19.4 Å². The number of rotatable bonds is 5. The Labute approximate surface area is 168 Å². The summed E-state index contributed by atoms with van der Waals surface area (Å²) < 4.78 is 1.72. The van der Waals surface area contributed by atoms with Crippen LogP contribution in [0.4, 0.5) is 0 Å². The van der Waals surface area contributed by atoms with Gasteiger partial charge in [-0.2, -0.15) is 0 Å². The van der Waals surface area contributed by atoms with E-state index < -0.39 is 5.91 Å². The van der Waals surface area contributed by atoms with Crippen LogP contribution >= 0.6 is 0 Å². The maximum absolute atomic E-state index is 13.5. The first kappa shape index (κ1) is 18.9. The quantitative estimate of drug-likeness (QED) is 0.305. The number of unbranched alkanes of at least 4 members (excludes halogenated alkanes) is 1. The van der Waals surface area contributed by atoms with Gasteiger partial charge in [0.2, 0.25) is 5.91 Å². The topological polar surface area (TPSA) is 84.2 Å². The van der Waals surface area contributed by atoms with Crippen molar-refractivity contribution in [3.05, 3.63) is 70.3 Å². The van der Waals surface area contributed by atoms with E-state index in [4.69, 9.17) is 10.2 Å². The number of carbonyl (C=O) groups is 1. The second kappa shape index (κ2) is 8.29. The molecule has 0 unspecified atom stereocenters. The van der Waals surface area contributed by atoms with E-state index in [2.05, 4.69) is 11.8 Å². The zero-order valence-electron chi connectivity index (χ0n) is 15.9. The lowest BCUT2D eigenvalue weighted by atomic mass is 10.1. The summed E-state index contributed by atoms with van der Waals surface area (Å²) in [5.41, 5.74) is 3.61. The Morgan fingerprint density at radius 3 is 2.69 bits per heavy atom. The van der Waals surface area contributed by atoms with Crippen LogP contribution in [-0.2, 0) is 4.79 Å². The van der Waals surface area contributed by atoms with Gasteiger partial charge in [0.15, 0.2) is 0 Å². The molecule has 0 bridgehead atoms. The Bertz CT molecular complexity index is 1170. The van der Waals surface area contributed by atoms with Crippen molar-refractivity contribution in [2.24, 2.45) is 0 Å². The van der Waals surface area contributed by atoms with Gasteiger partial charge in [0.1, 0.15) is 5.82 Å². The summed E-state index contributed by atoms with van der Waals surface area (Å²) in [7, 11) is 0. The normalized spacial score (nSPS) is 13.0. The number of amides is 1. The van der Waals surface area contributed by atoms with Crippen LogP contribution in [0.1, 0.15) is 49.4 Å². The highest BCUT2D eigenvalue weighted by molar-refractivity contribution is 5.84. The molecule has 0 radical (unpaired) electrons. The first-order valence-corrected chi connectivity index (χ1v) is 9.72. The van der Waals surface area contributed by atoms with Crippen molar-refractivity contribution >= 4 is 16.8 Å². The molecule has 29 heavy (non-hydrogen) atoms. The van der Waals surface area contributed by atoms with Gasteiger partial charge in [0.05, 0.1) is 16.6 Å². The number of nitrogens with zero attached hydrogens (tertiary/aromatic N) is 2. The van der Waals surface area contributed by atoms with Crippen LogP contribution in [0.2, 0.25) is 0 Å². The molecule has 1 heterocycles. The number of hydrogen-bond acceptors (Lipinski definition) is 4. The van der Waals surface area contributed by atoms with Crippen LogP contribution < -0.4 is 11.0 Å². The maximum Gasteiger partial charge on any atom is 0.267 e. The Balaban J connectivity index is 1.76. The minimum absolute atomic E-state index is 0.104. The predicted molar refractivity (Wildman–Crippen MR) is 110 cm³/mol. The molecule has 1 saturated carbocycles. The number of carbonyl (C=O) groups excluding carboxylic acids is 1. The molecule has 146 valence electrons. The molecule has 4 rings (SSSR count). The maximum atomic E-state index is 13.5. The molecule has 0 saturated heterocycles. The van der Waals surface area contributed by atoms with Gasteiger partial charge >= 0.3 is 0 Å². The molecule has 0 atom stereocenters. The first-order chi connectivity index (χ1) is 14.2. The van der Waals surface area contributed by atoms with Gasteiger partial charge in [-0.25, -0.2) is 10.5 Å². The molecule has 0 aliphatic heterocycles. The van der Waals surface area contributed by atoms with Crippen LogP contribution in [0.5, 0.6) is 0 Å². The summed E-state index contributed by atoms with van der Waals surface area (Å²) in [6.45, 7) is 0. The van der Waals surface area contributed by atoms with Crippen molar-refractivity contribution in [2.75, 3.05) is 0 Å². The first-order valence-electron chi connectivity index (χ1n) is 9.72. The second-order valence-electron chi connectivity index (χ2n) is 7.11. The molecular formula is C23H21N3O3. The molecule has 2 aromatic carbocycles. The Morgan fingerprint density at radius 1 is 1.17 bits per heavy atom. The zero-order chi connectivity index (χ0) is 20.2. The average molecular weight is 387 g/mol. The minimum atomic E-state index is -0.431. The van der Waals surface area contributed by atoms with E-state index in [1.54, 1.807) is 10.0 Å². The predicted octanol–water partition coefficient (Wildman–Crippen LogP) is 3.29. The molecule has 2 N–H and O–H groups in total. The van der Waals surface area contributed by atoms with Crippen molar-refractivity contribution in [3.63, 3.8) is 0 Å². The highest BCUT2D eigenvalue weighted by Gasteiger charge is 2.30. The van der Waals surface area contributed by atoms with Crippen LogP contribution in [0, 0.1) is 11.8 Å². The van der Waals surface area contributed by atoms with Gasteiger partial charge in [-0.05, 0) is 43.5 Å². The van der Waals surface area contributed by atoms with Gasteiger partial charge in [0.25, 0.3) is 5.56 Å². The van der Waals surface area contributed by atoms with Crippen LogP contribution in [0.15, 0.2) is 53.3 Å². The van der Waals surface area contributed by atoms with E-state index in [0.717, 1.165) is 24.4 Å². The summed E-state index contributed by atoms with van der Waals surface area (Å²) >= 11 is 0. The average Bonchev–Trinajstić information content (AvgIpc) is 3.59. The van der Waals surface area contributed by atoms with Crippen molar-refractivity contribution in [3.8, 4) is 17.5 Å². The molecule has 1 amide bonds. The number of aromatic nitrogens is 2. The highest BCUT2D eigenvalue weighted by atomic mass is 16.5. The second-order valence-corrected chi connectivity index (χ2v) is 7.11. The summed E-state index contributed by atoms with van der Waals surface area (Å²) in [5.74, 6) is 6.79. The zero-order valence-corrected chi connectivity index (χ0v) is 15.9.